The predicted octanol–water partition coefficient (Wildman–Crippen LogP) is 9.07. The molecule has 2 aromatic rings. The lowest BCUT2D eigenvalue weighted by molar-refractivity contribution is -0.109. The van der Waals surface area contributed by atoms with Crippen molar-refractivity contribution < 1.29 is 17.6 Å². The number of allylic oxidation sites excluding steroid dienone is 2. The Bertz CT molecular complexity index is 1020. The van der Waals surface area contributed by atoms with Crippen LogP contribution >= 0.6 is 0 Å². The van der Waals surface area contributed by atoms with Crippen molar-refractivity contribution in [3.63, 3.8) is 0 Å². The van der Waals surface area contributed by atoms with E-state index in [-0.39, 0.29) is 5.92 Å². The van der Waals surface area contributed by atoms with Gasteiger partial charge in [-0.1, -0.05) is 55.9 Å². The number of rotatable bonds is 3. The van der Waals surface area contributed by atoms with Gasteiger partial charge in [0.2, 0.25) is 0 Å². The molecule has 0 amide bonds. The minimum absolute atomic E-state index is 0.302. The zero-order chi connectivity index (χ0) is 24.1. The van der Waals surface area contributed by atoms with Crippen LogP contribution < -0.4 is 0 Å². The van der Waals surface area contributed by atoms with E-state index >= 15 is 0 Å². The molecule has 34 heavy (non-hydrogen) atoms. The van der Waals surface area contributed by atoms with Gasteiger partial charge >= 0.3 is 6.18 Å². The van der Waals surface area contributed by atoms with Crippen LogP contribution in [0.5, 0.6) is 0 Å². The van der Waals surface area contributed by atoms with Gasteiger partial charge in [-0.05, 0) is 104 Å². The summed E-state index contributed by atoms with van der Waals surface area (Å²) in [7, 11) is 0. The van der Waals surface area contributed by atoms with Crippen LogP contribution in [0.15, 0.2) is 60.4 Å². The fraction of sp³-hybridized carbons (Fsp3) is 0.467. The molecule has 2 fully saturated rings. The molecule has 180 valence electrons. The molecule has 2 aromatic carbocycles. The Morgan fingerprint density at radius 2 is 1.12 bits per heavy atom. The molecule has 0 spiro atoms. The Hall–Kier alpha value is -2.54. The Kier molecular flexibility index (Phi) is 7.81. The molecule has 2 aliphatic rings. The van der Waals surface area contributed by atoms with Gasteiger partial charge in [0.15, 0.2) is 5.83 Å². The van der Waals surface area contributed by atoms with Crippen LogP contribution in [0.1, 0.15) is 92.4 Å². The van der Waals surface area contributed by atoms with E-state index in [0.717, 1.165) is 36.0 Å². The summed E-state index contributed by atoms with van der Waals surface area (Å²) in [5, 5.41) is 0. The van der Waals surface area contributed by atoms with Gasteiger partial charge in [0.25, 0.3) is 0 Å². The maximum absolute atomic E-state index is 13.2. The Morgan fingerprint density at radius 1 is 0.706 bits per heavy atom. The zero-order valence-corrected chi connectivity index (χ0v) is 19.7. The van der Waals surface area contributed by atoms with Crippen molar-refractivity contribution in [2.24, 2.45) is 11.8 Å². The van der Waals surface area contributed by atoms with Gasteiger partial charge < -0.3 is 0 Å². The summed E-state index contributed by atoms with van der Waals surface area (Å²) in [5.74, 6) is 6.02. The lowest BCUT2D eigenvalue weighted by Gasteiger charge is -2.27. The lowest BCUT2D eigenvalue weighted by Crippen LogP contribution is -2.15. The largest absolute Gasteiger partial charge is 0.442 e. The van der Waals surface area contributed by atoms with E-state index in [9.17, 15) is 17.6 Å². The van der Waals surface area contributed by atoms with Crippen LogP contribution in [0, 0.1) is 23.7 Å². The van der Waals surface area contributed by atoms with Crippen LogP contribution in [0.2, 0.25) is 0 Å². The lowest BCUT2D eigenvalue weighted by atomic mass is 9.78. The molecule has 0 bridgehead atoms. The fourth-order valence-electron chi connectivity index (χ4n) is 5.34. The second-order valence-corrected chi connectivity index (χ2v) is 10.1. The first-order valence-electron chi connectivity index (χ1n) is 12.4. The molecule has 0 saturated heterocycles. The smallest absolute Gasteiger partial charge is 0.202 e. The predicted molar refractivity (Wildman–Crippen MR) is 129 cm³/mol. The highest BCUT2D eigenvalue weighted by Crippen LogP contribution is 2.38. The summed E-state index contributed by atoms with van der Waals surface area (Å²) in [6, 6.07) is 16.8. The molecule has 0 unspecified atom stereocenters. The van der Waals surface area contributed by atoms with Crippen LogP contribution in [-0.2, 0) is 0 Å². The Balaban J connectivity index is 1.31. The van der Waals surface area contributed by atoms with Crippen LogP contribution in [0.4, 0.5) is 17.6 Å². The van der Waals surface area contributed by atoms with E-state index in [2.05, 4.69) is 55.2 Å². The monoisotopic (exact) mass is 468 g/mol. The summed E-state index contributed by atoms with van der Waals surface area (Å²) < 4.78 is 50.4. The van der Waals surface area contributed by atoms with Crippen LogP contribution in [0.25, 0.3) is 0 Å². The highest BCUT2D eigenvalue weighted by molar-refractivity contribution is 5.44. The summed E-state index contributed by atoms with van der Waals surface area (Å²) in [4.78, 5) is 0. The molecule has 0 N–H and O–H groups in total. The van der Waals surface area contributed by atoms with Gasteiger partial charge in [0, 0.05) is 11.1 Å². The highest BCUT2D eigenvalue weighted by atomic mass is 19.4. The van der Waals surface area contributed by atoms with E-state index < -0.39 is 12.0 Å². The third-order valence-electron chi connectivity index (χ3n) is 7.56. The van der Waals surface area contributed by atoms with Crippen molar-refractivity contribution in [3.8, 4) is 11.8 Å². The second-order valence-electron chi connectivity index (χ2n) is 10.1. The fourth-order valence-corrected chi connectivity index (χ4v) is 5.34. The van der Waals surface area contributed by atoms with Crippen molar-refractivity contribution in [3.05, 3.63) is 82.7 Å². The van der Waals surface area contributed by atoms with E-state index in [1.54, 1.807) is 0 Å². The van der Waals surface area contributed by atoms with Gasteiger partial charge in [0.05, 0.1) is 0 Å². The van der Waals surface area contributed by atoms with Crippen molar-refractivity contribution in [1.29, 1.82) is 0 Å². The van der Waals surface area contributed by atoms with Crippen molar-refractivity contribution in [2.45, 2.75) is 76.3 Å². The number of alkyl halides is 3. The number of hydrogen-bond acceptors (Lipinski definition) is 0. The van der Waals surface area contributed by atoms with Gasteiger partial charge in [-0.2, -0.15) is 13.2 Å². The quantitative estimate of drug-likeness (QED) is 0.311. The maximum atomic E-state index is 13.2. The van der Waals surface area contributed by atoms with E-state index in [0.29, 0.717) is 24.7 Å². The molecule has 4 rings (SSSR count). The van der Waals surface area contributed by atoms with Gasteiger partial charge in [0.1, 0.15) is 0 Å². The SMILES string of the molecule is CC1CCC(c2ccc(C#Cc3ccc(C4CCC(C=C(F)C(F)(F)F)CC4)cc3)cc2)CC1. The topological polar surface area (TPSA) is 0 Å². The van der Waals surface area contributed by atoms with Gasteiger partial charge in [-0.3, -0.25) is 0 Å². The third-order valence-corrected chi connectivity index (χ3v) is 7.56. The Morgan fingerprint density at radius 3 is 1.53 bits per heavy atom. The maximum Gasteiger partial charge on any atom is 0.442 e. The first kappa shape index (κ1) is 24.6. The minimum atomic E-state index is -4.87. The summed E-state index contributed by atoms with van der Waals surface area (Å²) in [5.41, 5.74) is 4.55. The molecule has 0 aromatic heterocycles. The van der Waals surface area contributed by atoms with Crippen LogP contribution in [0.3, 0.4) is 0 Å². The third kappa shape index (κ3) is 6.53. The molecule has 0 radical (unpaired) electrons. The molecule has 0 heterocycles. The second kappa shape index (κ2) is 10.8. The average Bonchev–Trinajstić information content (AvgIpc) is 2.84. The zero-order valence-electron chi connectivity index (χ0n) is 19.7. The molecule has 2 saturated carbocycles. The average molecular weight is 469 g/mol. The molecule has 4 heteroatoms. The van der Waals surface area contributed by atoms with E-state index in [1.807, 2.05) is 12.1 Å². The van der Waals surface area contributed by atoms with Gasteiger partial charge in [-0.25, -0.2) is 4.39 Å². The summed E-state index contributed by atoms with van der Waals surface area (Å²) >= 11 is 0. The summed E-state index contributed by atoms with van der Waals surface area (Å²) in [6.07, 6.45) is 3.77. The summed E-state index contributed by atoms with van der Waals surface area (Å²) in [6.45, 7) is 2.34. The number of hydrogen-bond donors (Lipinski definition) is 0. The normalized spacial score (nSPS) is 26.0. The van der Waals surface area contributed by atoms with Crippen LogP contribution in [-0.4, -0.2) is 6.18 Å². The van der Waals surface area contributed by atoms with Crippen molar-refractivity contribution in [2.75, 3.05) is 0 Å². The van der Waals surface area contributed by atoms with E-state index in [4.69, 9.17) is 0 Å². The molecule has 0 atom stereocenters. The molecule has 0 nitrogen and oxygen atoms in total. The molecular weight excluding hydrogens is 436 g/mol. The first-order valence-corrected chi connectivity index (χ1v) is 12.4. The van der Waals surface area contributed by atoms with E-state index in [1.165, 1.54) is 36.8 Å². The minimum Gasteiger partial charge on any atom is -0.202 e. The number of benzene rings is 2. The van der Waals surface area contributed by atoms with Crippen molar-refractivity contribution >= 4 is 0 Å². The Labute approximate surface area is 200 Å². The highest BCUT2D eigenvalue weighted by Gasteiger charge is 2.35. The standard InChI is InChI=1S/C30H32F4/c1-21-2-12-25(13-3-21)26-14-6-22(7-15-26)4-5-23-8-16-27(17-9-23)28-18-10-24(11-19-28)20-29(31)30(32,33)34/h6-9,14-17,20-21,24-25,28H,2-3,10-13,18-19H2,1H3. The molecule has 2 aliphatic carbocycles. The molecule has 0 aliphatic heterocycles. The first-order chi connectivity index (χ1) is 16.3. The number of halogens is 4. The molecular formula is C30H32F4. The van der Waals surface area contributed by atoms with Crippen molar-refractivity contribution in [1.82, 2.24) is 0 Å². The van der Waals surface area contributed by atoms with Gasteiger partial charge in [-0.15, -0.1) is 0 Å².